The summed E-state index contributed by atoms with van der Waals surface area (Å²) in [7, 11) is 1.66. The lowest BCUT2D eigenvalue weighted by molar-refractivity contribution is -0.125. The van der Waals surface area contributed by atoms with E-state index >= 15 is 0 Å². The molecule has 0 atom stereocenters. The Labute approximate surface area is 156 Å². The van der Waals surface area contributed by atoms with Gasteiger partial charge in [0.05, 0.1) is 10.4 Å². The van der Waals surface area contributed by atoms with Crippen LogP contribution in [0.15, 0.2) is 48.7 Å². The van der Waals surface area contributed by atoms with Gasteiger partial charge in [0.2, 0.25) is 5.91 Å². The minimum absolute atomic E-state index is 0.0224. The number of thiophene rings is 1. The molecule has 0 radical (unpaired) electrons. The number of fused-ring (bicyclic) bond motifs is 1. The fraction of sp³-hybridized carbons (Fsp3) is 0.300. The highest BCUT2D eigenvalue weighted by Crippen LogP contribution is 2.28. The Bertz CT molecular complexity index is 951. The lowest BCUT2D eigenvalue weighted by Gasteiger charge is -2.30. The maximum absolute atomic E-state index is 12.8. The van der Waals surface area contributed by atoms with Crippen molar-refractivity contribution >= 4 is 34.1 Å². The fourth-order valence-corrected chi connectivity index (χ4v) is 4.52. The molecule has 3 aromatic rings. The summed E-state index contributed by atoms with van der Waals surface area (Å²) >= 11 is 1.51. The predicted octanol–water partition coefficient (Wildman–Crippen LogP) is 3.29. The van der Waals surface area contributed by atoms with Gasteiger partial charge in [0.1, 0.15) is 5.00 Å². The van der Waals surface area contributed by atoms with Gasteiger partial charge in [-0.05, 0) is 42.5 Å². The second kappa shape index (κ2) is 6.96. The van der Waals surface area contributed by atoms with Crippen LogP contribution in [0.5, 0.6) is 0 Å². The van der Waals surface area contributed by atoms with E-state index < -0.39 is 0 Å². The third kappa shape index (κ3) is 3.01. The van der Waals surface area contributed by atoms with Crippen LogP contribution in [0.4, 0.5) is 0 Å². The Morgan fingerprint density at radius 1 is 1.08 bits per heavy atom. The first-order valence-electron chi connectivity index (χ1n) is 8.84. The molecule has 2 amide bonds. The van der Waals surface area contributed by atoms with Crippen molar-refractivity contribution in [1.82, 2.24) is 14.8 Å². The molecule has 2 aromatic heterocycles. The van der Waals surface area contributed by atoms with Gasteiger partial charge in [-0.1, -0.05) is 18.2 Å². The Morgan fingerprint density at radius 2 is 1.85 bits per heavy atom. The number of nitrogens with zero attached hydrogens (tertiary/aromatic N) is 2. The second-order valence-electron chi connectivity index (χ2n) is 6.56. The summed E-state index contributed by atoms with van der Waals surface area (Å²) in [5, 5.41) is 4.92. The van der Waals surface area contributed by atoms with E-state index in [1.54, 1.807) is 7.05 Å². The zero-order valence-electron chi connectivity index (χ0n) is 14.6. The van der Waals surface area contributed by atoms with E-state index in [0.29, 0.717) is 13.1 Å². The quantitative estimate of drug-likeness (QED) is 0.772. The van der Waals surface area contributed by atoms with E-state index in [9.17, 15) is 9.59 Å². The molecule has 3 heterocycles. The van der Waals surface area contributed by atoms with Crippen molar-refractivity contribution in [1.29, 1.82) is 0 Å². The summed E-state index contributed by atoms with van der Waals surface area (Å²) in [5.41, 5.74) is 1.14. The molecule has 26 heavy (non-hydrogen) atoms. The van der Waals surface area contributed by atoms with Gasteiger partial charge in [-0.25, -0.2) is 0 Å². The average molecular weight is 367 g/mol. The number of aromatic nitrogens is 1. The summed E-state index contributed by atoms with van der Waals surface area (Å²) in [5.74, 6) is 0.164. The lowest BCUT2D eigenvalue weighted by Crippen LogP contribution is -2.42. The van der Waals surface area contributed by atoms with Gasteiger partial charge in [-0.2, -0.15) is 0 Å². The van der Waals surface area contributed by atoms with Crippen LogP contribution in [-0.2, 0) is 4.79 Å². The molecule has 1 aromatic carbocycles. The van der Waals surface area contributed by atoms with Crippen molar-refractivity contribution in [2.75, 3.05) is 20.1 Å². The van der Waals surface area contributed by atoms with Crippen molar-refractivity contribution in [3.05, 3.63) is 53.5 Å². The van der Waals surface area contributed by atoms with Gasteiger partial charge in [0, 0.05) is 32.3 Å². The Balaban J connectivity index is 1.50. The number of carbonyl (C=O) groups excluding carboxylic acids is 2. The Hall–Kier alpha value is -2.60. The van der Waals surface area contributed by atoms with E-state index in [1.165, 1.54) is 16.7 Å². The molecule has 6 heteroatoms. The summed E-state index contributed by atoms with van der Waals surface area (Å²) in [6.07, 6.45) is 3.50. The standard InChI is InChI=1S/C20H21N3O2S/c1-21-19(24)15-8-11-22(12-9-15)20(25)17-6-7-18(26-17)23-13-10-14-4-2-3-5-16(14)23/h2-7,10,13,15H,8-9,11-12H2,1H3,(H,21,24). The predicted molar refractivity (Wildman–Crippen MR) is 104 cm³/mol. The molecule has 1 fully saturated rings. The maximum atomic E-state index is 12.8. The molecule has 5 nitrogen and oxygen atoms in total. The summed E-state index contributed by atoms with van der Waals surface area (Å²) in [6, 6.07) is 14.2. The smallest absolute Gasteiger partial charge is 0.263 e. The second-order valence-corrected chi connectivity index (χ2v) is 7.63. The van der Waals surface area contributed by atoms with Crippen LogP contribution < -0.4 is 5.32 Å². The number of likely N-dealkylation sites (tertiary alicyclic amines) is 1. The van der Waals surface area contributed by atoms with Crippen molar-refractivity contribution in [3.8, 4) is 5.00 Å². The van der Waals surface area contributed by atoms with Crippen LogP contribution in [0, 0.1) is 5.92 Å². The molecule has 0 saturated carbocycles. The molecular weight excluding hydrogens is 346 g/mol. The Kier molecular flexibility index (Phi) is 4.51. The van der Waals surface area contributed by atoms with Crippen LogP contribution in [0.3, 0.4) is 0 Å². The fourth-order valence-electron chi connectivity index (χ4n) is 3.55. The number of para-hydroxylation sites is 1. The van der Waals surface area contributed by atoms with Gasteiger partial charge in [-0.3, -0.25) is 9.59 Å². The molecule has 1 aliphatic heterocycles. The zero-order chi connectivity index (χ0) is 18.1. The van der Waals surface area contributed by atoms with Crippen molar-refractivity contribution in [3.63, 3.8) is 0 Å². The van der Waals surface area contributed by atoms with E-state index in [4.69, 9.17) is 0 Å². The number of carbonyl (C=O) groups is 2. The van der Waals surface area contributed by atoms with Crippen molar-refractivity contribution in [2.24, 2.45) is 5.92 Å². The first-order valence-corrected chi connectivity index (χ1v) is 9.66. The highest BCUT2D eigenvalue weighted by Gasteiger charge is 2.27. The normalized spacial score (nSPS) is 15.3. The summed E-state index contributed by atoms with van der Waals surface area (Å²) < 4.78 is 2.12. The van der Waals surface area contributed by atoms with E-state index in [1.807, 2.05) is 35.4 Å². The third-order valence-electron chi connectivity index (χ3n) is 5.04. The van der Waals surface area contributed by atoms with E-state index in [2.05, 4.69) is 28.1 Å². The van der Waals surface area contributed by atoms with E-state index in [0.717, 1.165) is 28.2 Å². The van der Waals surface area contributed by atoms with E-state index in [-0.39, 0.29) is 17.7 Å². The molecule has 134 valence electrons. The zero-order valence-corrected chi connectivity index (χ0v) is 15.5. The number of benzene rings is 1. The number of piperidine rings is 1. The van der Waals surface area contributed by atoms with Gasteiger partial charge in [-0.15, -0.1) is 11.3 Å². The van der Waals surface area contributed by atoms with Crippen LogP contribution in [0.25, 0.3) is 15.9 Å². The van der Waals surface area contributed by atoms with Gasteiger partial charge in [0.25, 0.3) is 5.91 Å². The largest absolute Gasteiger partial charge is 0.359 e. The van der Waals surface area contributed by atoms with Crippen molar-refractivity contribution in [2.45, 2.75) is 12.8 Å². The van der Waals surface area contributed by atoms with Crippen molar-refractivity contribution < 1.29 is 9.59 Å². The van der Waals surface area contributed by atoms with Crippen LogP contribution in [-0.4, -0.2) is 41.4 Å². The molecule has 0 spiro atoms. The number of hydrogen-bond acceptors (Lipinski definition) is 3. The molecule has 0 unspecified atom stereocenters. The highest BCUT2D eigenvalue weighted by molar-refractivity contribution is 7.16. The molecule has 4 rings (SSSR count). The third-order valence-corrected chi connectivity index (χ3v) is 6.11. The Morgan fingerprint density at radius 3 is 2.62 bits per heavy atom. The van der Waals surface area contributed by atoms with Gasteiger partial charge >= 0.3 is 0 Å². The molecule has 0 bridgehead atoms. The number of hydrogen-bond donors (Lipinski definition) is 1. The molecule has 0 aliphatic carbocycles. The van der Waals surface area contributed by atoms with Gasteiger partial charge in [0.15, 0.2) is 0 Å². The number of nitrogens with one attached hydrogen (secondary N) is 1. The minimum atomic E-state index is 0.0224. The molecular formula is C20H21N3O2S. The number of amides is 2. The maximum Gasteiger partial charge on any atom is 0.263 e. The monoisotopic (exact) mass is 367 g/mol. The first-order chi connectivity index (χ1) is 12.7. The molecule has 1 N–H and O–H groups in total. The first kappa shape index (κ1) is 16.8. The highest BCUT2D eigenvalue weighted by atomic mass is 32.1. The van der Waals surface area contributed by atoms with Crippen LogP contribution in [0.2, 0.25) is 0 Å². The molecule has 1 saturated heterocycles. The SMILES string of the molecule is CNC(=O)C1CCN(C(=O)c2ccc(-n3ccc4ccccc43)s2)CC1. The van der Waals surface area contributed by atoms with Crippen LogP contribution in [0.1, 0.15) is 22.5 Å². The van der Waals surface area contributed by atoms with Gasteiger partial charge < -0.3 is 14.8 Å². The summed E-state index contributed by atoms with van der Waals surface area (Å²) in [6.45, 7) is 1.27. The minimum Gasteiger partial charge on any atom is -0.359 e. The number of rotatable bonds is 3. The average Bonchev–Trinajstić information content (AvgIpc) is 3.33. The van der Waals surface area contributed by atoms with Crippen LogP contribution >= 0.6 is 11.3 Å². The summed E-state index contributed by atoms with van der Waals surface area (Å²) in [4.78, 5) is 27.2. The topological polar surface area (TPSA) is 54.3 Å². The lowest BCUT2D eigenvalue weighted by atomic mass is 9.96. The molecule has 1 aliphatic rings.